The third-order valence-corrected chi connectivity index (χ3v) is 5.50. The highest BCUT2D eigenvalue weighted by Gasteiger charge is 2.21. The van der Waals surface area contributed by atoms with Crippen LogP contribution in [0.25, 0.3) is 11.0 Å². The van der Waals surface area contributed by atoms with E-state index in [-0.39, 0.29) is 11.7 Å². The maximum absolute atomic E-state index is 13.2. The molecule has 1 amide bonds. The standard InChI is InChI=1S/C24H23N3O4S/c1-3-29-20-11-10-16(14-21(20)30-4-2)27-23(28)22-18(15-32-24-25-12-7-13-26-24)17-8-5-6-9-19(17)31-22/h5-14H,3-4,15H2,1-2H3,(H,27,28). The number of fused-ring (bicyclic) bond motifs is 1. The summed E-state index contributed by atoms with van der Waals surface area (Å²) in [5, 5.41) is 4.44. The fourth-order valence-electron chi connectivity index (χ4n) is 3.24. The zero-order valence-electron chi connectivity index (χ0n) is 17.8. The molecule has 4 aromatic rings. The molecule has 2 aromatic heterocycles. The van der Waals surface area contributed by atoms with Crippen molar-refractivity contribution < 1.29 is 18.7 Å². The van der Waals surface area contributed by atoms with E-state index >= 15 is 0 Å². The van der Waals surface area contributed by atoms with E-state index in [0.717, 1.165) is 10.9 Å². The summed E-state index contributed by atoms with van der Waals surface area (Å²) in [6, 6.07) is 14.7. The van der Waals surface area contributed by atoms with Gasteiger partial charge in [-0.15, -0.1) is 0 Å². The molecule has 0 saturated heterocycles. The number of furan rings is 1. The number of para-hydroxylation sites is 1. The minimum Gasteiger partial charge on any atom is -0.490 e. The Morgan fingerprint density at radius 3 is 2.53 bits per heavy atom. The Morgan fingerprint density at radius 1 is 1.00 bits per heavy atom. The van der Waals surface area contributed by atoms with Crippen LogP contribution >= 0.6 is 11.8 Å². The number of carbonyl (C=O) groups is 1. The molecule has 0 saturated carbocycles. The van der Waals surface area contributed by atoms with Gasteiger partial charge in [0.1, 0.15) is 5.58 Å². The van der Waals surface area contributed by atoms with Crippen molar-refractivity contribution in [3.8, 4) is 11.5 Å². The summed E-state index contributed by atoms with van der Waals surface area (Å²) in [6.07, 6.45) is 3.39. The Bertz CT molecular complexity index is 1210. The van der Waals surface area contributed by atoms with Crippen LogP contribution in [-0.4, -0.2) is 29.1 Å². The highest BCUT2D eigenvalue weighted by Crippen LogP contribution is 2.33. The SMILES string of the molecule is CCOc1ccc(NC(=O)c2oc3ccccc3c2CSc2ncccn2)cc1OCC. The van der Waals surface area contributed by atoms with E-state index in [4.69, 9.17) is 13.9 Å². The van der Waals surface area contributed by atoms with E-state index in [1.54, 1.807) is 36.7 Å². The van der Waals surface area contributed by atoms with Crippen LogP contribution in [0.15, 0.2) is 70.5 Å². The van der Waals surface area contributed by atoms with Crippen LogP contribution < -0.4 is 14.8 Å². The zero-order chi connectivity index (χ0) is 22.3. The minimum atomic E-state index is -0.336. The number of anilines is 1. The molecule has 0 atom stereocenters. The molecule has 8 heteroatoms. The largest absolute Gasteiger partial charge is 0.490 e. The van der Waals surface area contributed by atoms with Gasteiger partial charge in [0.25, 0.3) is 5.91 Å². The second-order valence-corrected chi connectivity index (χ2v) is 7.65. The second-order valence-electron chi connectivity index (χ2n) is 6.71. The average Bonchev–Trinajstić information content (AvgIpc) is 3.19. The van der Waals surface area contributed by atoms with Gasteiger partial charge >= 0.3 is 0 Å². The highest BCUT2D eigenvalue weighted by molar-refractivity contribution is 7.98. The summed E-state index contributed by atoms with van der Waals surface area (Å²) in [6.45, 7) is 4.82. The first-order valence-corrected chi connectivity index (χ1v) is 11.3. The lowest BCUT2D eigenvalue weighted by atomic mass is 10.1. The van der Waals surface area contributed by atoms with Gasteiger partial charge in [0.05, 0.1) is 13.2 Å². The Morgan fingerprint density at radius 2 is 1.75 bits per heavy atom. The summed E-state index contributed by atoms with van der Waals surface area (Å²) in [4.78, 5) is 21.7. The smallest absolute Gasteiger partial charge is 0.291 e. The number of nitrogens with one attached hydrogen (secondary N) is 1. The Hall–Kier alpha value is -3.52. The van der Waals surface area contributed by atoms with Gasteiger partial charge in [-0.1, -0.05) is 30.0 Å². The van der Waals surface area contributed by atoms with Gasteiger partial charge in [0.15, 0.2) is 22.4 Å². The molecule has 32 heavy (non-hydrogen) atoms. The van der Waals surface area contributed by atoms with Crippen molar-refractivity contribution in [1.29, 1.82) is 0 Å². The van der Waals surface area contributed by atoms with Gasteiger partial charge in [-0.05, 0) is 38.1 Å². The molecule has 0 radical (unpaired) electrons. The van der Waals surface area contributed by atoms with Gasteiger partial charge in [-0.2, -0.15) is 0 Å². The molecule has 0 fully saturated rings. The molecule has 2 aromatic carbocycles. The average molecular weight is 450 g/mol. The van der Waals surface area contributed by atoms with E-state index < -0.39 is 0 Å². The number of amides is 1. The lowest BCUT2D eigenvalue weighted by molar-refractivity contribution is 0.0998. The summed E-state index contributed by atoms with van der Waals surface area (Å²) in [7, 11) is 0. The fourth-order valence-corrected chi connectivity index (χ4v) is 4.07. The van der Waals surface area contributed by atoms with Crippen molar-refractivity contribution in [2.45, 2.75) is 24.8 Å². The maximum atomic E-state index is 13.2. The molecule has 7 nitrogen and oxygen atoms in total. The molecule has 0 bridgehead atoms. The quantitative estimate of drug-likeness (QED) is 0.264. The second kappa shape index (κ2) is 10.2. The predicted octanol–water partition coefficient (Wildman–Crippen LogP) is 5.56. The third kappa shape index (κ3) is 4.86. The first kappa shape index (κ1) is 21.7. The van der Waals surface area contributed by atoms with Crippen molar-refractivity contribution in [3.63, 3.8) is 0 Å². The number of benzene rings is 2. The van der Waals surface area contributed by atoms with E-state index in [1.807, 2.05) is 38.1 Å². The summed E-state index contributed by atoms with van der Waals surface area (Å²) >= 11 is 1.45. The first-order valence-electron chi connectivity index (χ1n) is 10.3. The van der Waals surface area contributed by atoms with Crippen LogP contribution in [0, 0.1) is 0 Å². The van der Waals surface area contributed by atoms with Gasteiger partial charge in [-0.3, -0.25) is 4.79 Å². The van der Waals surface area contributed by atoms with Crippen molar-refractivity contribution in [2.24, 2.45) is 0 Å². The molecular formula is C24H23N3O4S. The highest BCUT2D eigenvalue weighted by atomic mass is 32.2. The molecule has 1 N–H and O–H groups in total. The number of nitrogens with zero attached hydrogens (tertiary/aromatic N) is 2. The van der Waals surface area contributed by atoms with Crippen molar-refractivity contribution in [1.82, 2.24) is 9.97 Å². The third-order valence-electron chi connectivity index (χ3n) is 4.59. The van der Waals surface area contributed by atoms with Gasteiger partial charge < -0.3 is 19.2 Å². The van der Waals surface area contributed by atoms with Crippen LogP contribution in [0.2, 0.25) is 0 Å². The Kier molecular flexibility index (Phi) is 6.91. The number of rotatable bonds is 9. The molecule has 2 heterocycles. The summed E-state index contributed by atoms with van der Waals surface area (Å²) in [5.41, 5.74) is 2.04. The number of carbonyl (C=O) groups excluding carboxylic acids is 1. The topological polar surface area (TPSA) is 86.5 Å². The summed E-state index contributed by atoms with van der Waals surface area (Å²) in [5.74, 6) is 1.64. The number of aromatic nitrogens is 2. The number of hydrogen-bond donors (Lipinski definition) is 1. The van der Waals surface area contributed by atoms with Crippen molar-refractivity contribution in [3.05, 3.63) is 72.2 Å². The fraction of sp³-hybridized carbons (Fsp3) is 0.208. The lowest BCUT2D eigenvalue weighted by Crippen LogP contribution is -2.13. The number of ether oxygens (including phenoxy) is 2. The van der Waals surface area contributed by atoms with E-state index in [9.17, 15) is 4.79 Å². The number of thioether (sulfide) groups is 1. The normalized spacial score (nSPS) is 10.8. The molecule has 0 aliphatic heterocycles. The maximum Gasteiger partial charge on any atom is 0.291 e. The Labute approximate surface area is 190 Å². The van der Waals surface area contributed by atoms with Crippen LogP contribution in [0.5, 0.6) is 11.5 Å². The van der Waals surface area contributed by atoms with Gasteiger partial charge in [-0.25, -0.2) is 9.97 Å². The van der Waals surface area contributed by atoms with Crippen LogP contribution in [0.4, 0.5) is 5.69 Å². The van der Waals surface area contributed by atoms with E-state index in [0.29, 0.717) is 46.9 Å². The molecule has 164 valence electrons. The molecule has 0 spiro atoms. The zero-order valence-corrected chi connectivity index (χ0v) is 18.6. The first-order chi connectivity index (χ1) is 15.7. The predicted molar refractivity (Wildman–Crippen MR) is 125 cm³/mol. The molecule has 4 rings (SSSR count). The Balaban J connectivity index is 1.61. The van der Waals surface area contributed by atoms with Gasteiger partial charge in [0, 0.05) is 40.8 Å². The molecule has 0 unspecified atom stereocenters. The van der Waals surface area contributed by atoms with Crippen LogP contribution in [0.3, 0.4) is 0 Å². The monoisotopic (exact) mass is 449 g/mol. The van der Waals surface area contributed by atoms with E-state index in [2.05, 4.69) is 15.3 Å². The van der Waals surface area contributed by atoms with Crippen LogP contribution in [0.1, 0.15) is 30.0 Å². The van der Waals surface area contributed by atoms with E-state index in [1.165, 1.54) is 11.8 Å². The number of hydrogen-bond acceptors (Lipinski definition) is 7. The van der Waals surface area contributed by atoms with Gasteiger partial charge in [0.2, 0.25) is 0 Å². The van der Waals surface area contributed by atoms with Crippen LogP contribution in [-0.2, 0) is 5.75 Å². The molecule has 0 aliphatic carbocycles. The lowest BCUT2D eigenvalue weighted by Gasteiger charge is -2.13. The minimum absolute atomic E-state index is 0.265. The molecular weight excluding hydrogens is 426 g/mol. The van der Waals surface area contributed by atoms with Crippen molar-refractivity contribution in [2.75, 3.05) is 18.5 Å². The van der Waals surface area contributed by atoms with Crippen molar-refractivity contribution >= 4 is 34.3 Å². The summed E-state index contributed by atoms with van der Waals surface area (Å²) < 4.78 is 17.2. The molecule has 0 aliphatic rings.